The Bertz CT molecular complexity index is 803. The number of benzene rings is 2. The Labute approximate surface area is 142 Å². The van der Waals surface area contributed by atoms with E-state index in [1.807, 2.05) is 32.0 Å². The van der Waals surface area contributed by atoms with Gasteiger partial charge in [-0.05, 0) is 56.2 Å². The predicted molar refractivity (Wildman–Crippen MR) is 92.8 cm³/mol. The molecule has 2 aromatic rings. The maximum absolute atomic E-state index is 12.2. The van der Waals surface area contributed by atoms with Crippen molar-refractivity contribution in [1.82, 2.24) is 4.72 Å². The molecule has 124 valence electrons. The van der Waals surface area contributed by atoms with Crippen molar-refractivity contribution in [1.29, 1.82) is 0 Å². The lowest BCUT2D eigenvalue weighted by molar-refractivity contribution is 0.320. The molecule has 0 bridgehead atoms. The van der Waals surface area contributed by atoms with Crippen molar-refractivity contribution in [3.05, 3.63) is 58.1 Å². The van der Waals surface area contributed by atoms with E-state index in [0.717, 1.165) is 22.4 Å². The third-order valence-corrected chi connectivity index (χ3v) is 5.30. The second kappa shape index (κ2) is 7.34. The Morgan fingerprint density at radius 1 is 1.04 bits per heavy atom. The Hall–Kier alpha value is -1.56. The predicted octanol–water partition coefficient (Wildman–Crippen LogP) is 3.62. The van der Waals surface area contributed by atoms with Gasteiger partial charge in [0.1, 0.15) is 12.4 Å². The molecule has 0 spiro atoms. The minimum absolute atomic E-state index is 0.192. The highest BCUT2D eigenvalue weighted by molar-refractivity contribution is 7.89. The fourth-order valence-corrected chi connectivity index (χ4v) is 3.38. The van der Waals surface area contributed by atoms with Crippen molar-refractivity contribution in [3.63, 3.8) is 0 Å². The summed E-state index contributed by atoms with van der Waals surface area (Å²) >= 11 is 5.92. The molecule has 0 unspecified atom stereocenters. The van der Waals surface area contributed by atoms with Crippen LogP contribution in [0, 0.1) is 20.8 Å². The molecule has 6 heteroatoms. The number of nitrogens with one attached hydrogen (secondary N) is 1. The maximum Gasteiger partial charge on any atom is 0.240 e. The molecule has 0 aromatic heterocycles. The molecule has 0 radical (unpaired) electrons. The molecule has 1 N–H and O–H groups in total. The summed E-state index contributed by atoms with van der Waals surface area (Å²) in [6.07, 6.45) is 0. The number of aryl methyl sites for hydroxylation is 3. The zero-order valence-electron chi connectivity index (χ0n) is 13.4. The molecule has 23 heavy (non-hydrogen) atoms. The van der Waals surface area contributed by atoms with E-state index in [9.17, 15) is 8.42 Å². The smallest absolute Gasteiger partial charge is 0.240 e. The van der Waals surface area contributed by atoms with Crippen molar-refractivity contribution >= 4 is 21.6 Å². The molecule has 0 aliphatic heterocycles. The molecule has 0 aliphatic rings. The van der Waals surface area contributed by atoms with E-state index in [2.05, 4.69) is 4.72 Å². The van der Waals surface area contributed by atoms with Crippen molar-refractivity contribution < 1.29 is 13.2 Å². The molecule has 0 heterocycles. The highest BCUT2D eigenvalue weighted by Gasteiger charge is 2.14. The van der Waals surface area contributed by atoms with Crippen LogP contribution in [0.5, 0.6) is 5.75 Å². The quantitative estimate of drug-likeness (QED) is 0.807. The van der Waals surface area contributed by atoms with Crippen molar-refractivity contribution in [2.45, 2.75) is 25.7 Å². The fraction of sp³-hybridized carbons (Fsp3) is 0.294. The zero-order chi connectivity index (χ0) is 17.0. The van der Waals surface area contributed by atoms with Crippen LogP contribution in [0.1, 0.15) is 16.7 Å². The first-order valence-corrected chi connectivity index (χ1v) is 9.11. The van der Waals surface area contributed by atoms with Gasteiger partial charge < -0.3 is 4.74 Å². The van der Waals surface area contributed by atoms with Gasteiger partial charge in [-0.2, -0.15) is 0 Å². The first-order valence-electron chi connectivity index (χ1n) is 7.25. The Morgan fingerprint density at radius 2 is 1.78 bits per heavy atom. The van der Waals surface area contributed by atoms with Crippen LogP contribution in [0.25, 0.3) is 0 Å². The van der Waals surface area contributed by atoms with Gasteiger partial charge in [-0.15, -0.1) is 0 Å². The average molecular weight is 354 g/mol. The summed E-state index contributed by atoms with van der Waals surface area (Å²) in [5, 5.41) is 0.544. The molecule has 2 rings (SSSR count). The van der Waals surface area contributed by atoms with Gasteiger partial charge >= 0.3 is 0 Å². The van der Waals surface area contributed by atoms with Gasteiger partial charge in [-0.1, -0.05) is 29.3 Å². The minimum Gasteiger partial charge on any atom is -0.492 e. The number of rotatable bonds is 6. The third-order valence-electron chi connectivity index (χ3n) is 3.42. The van der Waals surface area contributed by atoms with Crippen LogP contribution in [0.2, 0.25) is 5.02 Å². The van der Waals surface area contributed by atoms with E-state index in [1.54, 1.807) is 19.1 Å². The van der Waals surface area contributed by atoms with Crippen LogP contribution >= 0.6 is 11.6 Å². The van der Waals surface area contributed by atoms with Crippen LogP contribution in [-0.2, 0) is 10.0 Å². The van der Waals surface area contributed by atoms with Gasteiger partial charge in [0.2, 0.25) is 10.0 Å². The highest BCUT2D eigenvalue weighted by atomic mass is 35.5. The molecular weight excluding hydrogens is 334 g/mol. The number of sulfonamides is 1. The lowest BCUT2D eigenvalue weighted by Crippen LogP contribution is -2.28. The normalized spacial score (nSPS) is 11.5. The summed E-state index contributed by atoms with van der Waals surface area (Å²) in [5.41, 5.74) is 2.91. The van der Waals surface area contributed by atoms with Gasteiger partial charge in [-0.3, -0.25) is 0 Å². The number of hydrogen-bond donors (Lipinski definition) is 1. The second-order valence-corrected chi connectivity index (χ2v) is 7.60. The van der Waals surface area contributed by atoms with Crippen molar-refractivity contribution in [2.24, 2.45) is 0 Å². The average Bonchev–Trinajstić information content (AvgIpc) is 2.48. The standard InChI is InChI=1S/C17H20ClNO3S/c1-12-4-7-17(14(3)10-12)22-9-8-19-23(20,21)15-5-6-16(18)13(2)11-15/h4-7,10-11,19H,8-9H2,1-3H3. The van der Waals surface area contributed by atoms with Crippen LogP contribution < -0.4 is 9.46 Å². The van der Waals surface area contributed by atoms with E-state index in [0.29, 0.717) is 5.02 Å². The van der Waals surface area contributed by atoms with E-state index in [-0.39, 0.29) is 18.0 Å². The van der Waals surface area contributed by atoms with E-state index < -0.39 is 10.0 Å². The van der Waals surface area contributed by atoms with Crippen LogP contribution in [0.15, 0.2) is 41.3 Å². The number of ether oxygens (including phenoxy) is 1. The summed E-state index contributed by atoms with van der Waals surface area (Å²) in [7, 11) is -3.56. The van der Waals surface area contributed by atoms with Gasteiger partial charge in [0.15, 0.2) is 0 Å². The van der Waals surface area contributed by atoms with E-state index in [4.69, 9.17) is 16.3 Å². The molecule has 0 amide bonds. The lowest BCUT2D eigenvalue weighted by Gasteiger charge is -2.11. The van der Waals surface area contributed by atoms with Crippen LogP contribution in [0.4, 0.5) is 0 Å². The Kier molecular flexibility index (Phi) is 5.68. The van der Waals surface area contributed by atoms with Crippen LogP contribution in [0.3, 0.4) is 0 Å². The molecular formula is C17H20ClNO3S. The molecule has 2 aromatic carbocycles. The Balaban J connectivity index is 1.93. The van der Waals surface area contributed by atoms with E-state index >= 15 is 0 Å². The zero-order valence-corrected chi connectivity index (χ0v) is 15.0. The van der Waals surface area contributed by atoms with Gasteiger partial charge in [-0.25, -0.2) is 13.1 Å². The Morgan fingerprint density at radius 3 is 2.43 bits per heavy atom. The lowest BCUT2D eigenvalue weighted by atomic mass is 10.1. The highest BCUT2D eigenvalue weighted by Crippen LogP contribution is 2.20. The largest absolute Gasteiger partial charge is 0.492 e. The van der Waals surface area contributed by atoms with Gasteiger partial charge in [0.25, 0.3) is 0 Å². The molecule has 0 saturated heterocycles. The van der Waals surface area contributed by atoms with E-state index in [1.165, 1.54) is 6.07 Å². The molecule has 0 fully saturated rings. The maximum atomic E-state index is 12.2. The van der Waals surface area contributed by atoms with Gasteiger partial charge in [0, 0.05) is 11.6 Å². The molecule has 4 nitrogen and oxygen atoms in total. The summed E-state index contributed by atoms with van der Waals surface area (Å²) in [6.45, 7) is 6.19. The molecule has 0 saturated carbocycles. The second-order valence-electron chi connectivity index (χ2n) is 5.43. The topological polar surface area (TPSA) is 55.4 Å². The van der Waals surface area contributed by atoms with Crippen molar-refractivity contribution in [3.8, 4) is 5.75 Å². The molecule has 0 aliphatic carbocycles. The summed E-state index contributed by atoms with van der Waals surface area (Å²) in [6, 6.07) is 10.5. The fourth-order valence-electron chi connectivity index (χ4n) is 2.17. The third kappa shape index (κ3) is 4.70. The monoisotopic (exact) mass is 353 g/mol. The van der Waals surface area contributed by atoms with Crippen molar-refractivity contribution in [2.75, 3.05) is 13.2 Å². The summed E-state index contributed by atoms with van der Waals surface area (Å²) in [4.78, 5) is 0.200. The van der Waals surface area contributed by atoms with Crippen LogP contribution in [-0.4, -0.2) is 21.6 Å². The minimum atomic E-state index is -3.56. The SMILES string of the molecule is Cc1ccc(OCCNS(=O)(=O)c2ccc(Cl)c(C)c2)c(C)c1. The molecule has 0 atom stereocenters. The summed E-state index contributed by atoms with van der Waals surface area (Å²) < 4.78 is 32.6. The first-order chi connectivity index (χ1) is 10.8. The first kappa shape index (κ1) is 17.8. The number of halogens is 1. The van der Waals surface area contributed by atoms with Gasteiger partial charge in [0.05, 0.1) is 4.90 Å². The number of hydrogen-bond acceptors (Lipinski definition) is 3. The summed E-state index contributed by atoms with van der Waals surface area (Å²) in [5.74, 6) is 0.761.